The quantitative estimate of drug-likeness (QED) is 0.684. The molecule has 1 N–H and O–H groups in total. The van der Waals surface area contributed by atoms with Crippen LogP contribution in [0.2, 0.25) is 0 Å². The summed E-state index contributed by atoms with van der Waals surface area (Å²) >= 11 is 0. The molecule has 12 heavy (non-hydrogen) atoms. The van der Waals surface area contributed by atoms with Crippen LogP contribution < -0.4 is 4.74 Å². The summed E-state index contributed by atoms with van der Waals surface area (Å²) in [6.07, 6.45) is 1.84. The zero-order valence-corrected chi connectivity index (χ0v) is 7.14. The SMILES string of the molecule is [2H]c1c(OC)cc(C)c2[nH]ccc12. The van der Waals surface area contributed by atoms with Crippen molar-refractivity contribution < 1.29 is 6.11 Å². The molecule has 2 nitrogen and oxygen atoms in total. The first kappa shape index (κ1) is 6.12. The minimum absolute atomic E-state index is 0.448. The lowest BCUT2D eigenvalue weighted by Crippen LogP contribution is -1.84. The molecule has 0 bridgehead atoms. The van der Waals surface area contributed by atoms with Crippen molar-refractivity contribution in [3.05, 3.63) is 29.9 Å². The van der Waals surface area contributed by atoms with Gasteiger partial charge in [-0.05, 0) is 30.7 Å². The maximum absolute atomic E-state index is 7.81. The van der Waals surface area contributed by atoms with Gasteiger partial charge in [0.25, 0.3) is 0 Å². The molecular formula is C10H11NO. The predicted octanol–water partition coefficient (Wildman–Crippen LogP) is 2.48. The van der Waals surface area contributed by atoms with E-state index in [0.717, 1.165) is 16.5 Å². The van der Waals surface area contributed by atoms with E-state index >= 15 is 0 Å². The molecule has 0 radical (unpaired) electrons. The highest BCUT2D eigenvalue weighted by Crippen LogP contribution is 2.23. The summed E-state index contributed by atoms with van der Waals surface area (Å²) in [5, 5.41) is 0.914. The molecule has 0 aliphatic carbocycles. The molecular weight excluding hydrogens is 150 g/mol. The number of methoxy groups -OCH3 is 1. The van der Waals surface area contributed by atoms with Gasteiger partial charge in [0.05, 0.1) is 8.48 Å². The van der Waals surface area contributed by atoms with Crippen LogP contribution in [-0.2, 0) is 0 Å². The van der Waals surface area contributed by atoms with Gasteiger partial charge in [-0.1, -0.05) is 0 Å². The second-order valence-corrected chi connectivity index (χ2v) is 2.79. The second-order valence-electron chi connectivity index (χ2n) is 2.79. The number of benzene rings is 1. The van der Waals surface area contributed by atoms with Crippen LogP contribution in [0.25, 0.3) is 10.9 Å². The maximum atomic E-state index is 7.81. The number of fused-ring (bicyclic) bond motifs is 1. The van der Waals surface area contributed by atoms with E-state index < -0.39 is 0 Å². The highest BCUT2D eigenvalue weighted by Gasteiger charge is 2.00. The molecule has 2 heteroatoms. The zero-order chi connectivity index (χ0) is 9.42. The Morgan fingerprint density at radius 3 is 3.17 bits per heavy atom. The maximum Gasteiger partial charge on any atom is 0.119 e. The van der Waals surface area contributed by atoms with Gasteiger partial charge < -0.3 is 9.72 Å². The summed E-state index contributed by atoms with van der Waals surface area (Å²) in [6.45, 7) is 2.00. The highest BCUT2D eigenvalue weighted by atomic mass is 16.5. The minimum Gasteiger partial charge on any atom is -0.497 e. The van der Waals surface area contributed by atoms with Gasteiger partial charge >= 0.3 is 0 Å². The van der Waals surface area contributed by atoms with Crippen molar-refractivity contribution in [2.45, 2.75) is 6.92 Å². The predicted molar refractivity (Wildman–Crippen MR) is 49.6 cm³/mol. The Balaban J connectivity index is 2.85. The Kier molecular flexibility index (Phi) is 1.30. The molecule has 0 saturated heterocycles. The molecule has 0 aliphatic rings. The van der Waals surface area contributed by atoms with Crippen molar-refractivity contribution in [3.63, 3.8) is 0 Å². The summed E-state index contributed by atoms with van der Waals surface area (Å²) in [6, 6.07) is 4.22. The largest absolute Gasteiger partial charge is 0.497 e. The molecule has 0 spiro atoms. The first-order valence-electron chi connectivity index (χ1n) is 4.35. The Labute approximate surface area is 72.6 Å². The third kappa shape index (κ3) is 0.961. The summed E-state index contributed by atoms with van der Waals surface area (Å²) in [5.41, 5.74) is 2.12. The first-order valence-corrected chi connectivity index (χ1v) is 3.85. The van der Waals surface area contributed by atoms with Gasteiger partial charge in [0, 0.05) is 17.1 Å². The Bertz CT molecular complexity index is 447. The van der Waals surface area contributed by atoms with Gasteiger partial charge in [0.15, 0.2) is 0 Å². The monoisotopic (exact) mass is 162 g/mol. The number of hydrogen-bond acceptors (Lipinski definition) is 1. The van der Waals surface area contributed by atoms with Crippen molar-refractivity contribution in [1.82, 2.24) is 4.98 Å². The summed E-state index contributed by atoms with van der Waals surface area (Å²) in [7, 11) is 1.59. The van der Waals surface area contributed by atoms with E-state index in [1.165, 1.54) is 0 Å². The molecule has 2 rings (SSSR count). The van der Waals surface area contributed by atoms with E-state index in [1.807, 2.05) is 25.3 Å². The lowest BCUT2D eigenvalue weighted by Gasteiger charge is -2.01. The van der Waals surface area contributed by atoms with Gasteiger partial charge in [-0.2, -0.15) is 0 Å². The lowest BCUT2D eigenvalue weighted by atomic mass is 10.1. The van der Waals surface area contributed by atoms with Crippen LogP contribution in [0.4, 0.5) is 0 Å². The number of hydrogen-bond donors (Lipinski definition) is 1. The van der Waals surface area contributed by atoms with Crippen molar-refractivity contribution in [2.24, 2.45) is 0 Å². The zero-order valence-electron chi connectivity index (χ0n) is 8.14. The summed E-state index contributed by atoms with van der Waals surface area (Å²) < 4.78 is 12.9. The number of aromatic nitrogens is 1. The Morgan fingerprint density at radius 2 is 2.42 bits per heavy atom. The molecule has 2 aromatic rings. The van der Waals surface area contributed by atoms with Crippen molar-refractivity contribution in [1.29, 1.82) is 0 Å². The van der Waals surface area contributed by atoms with E-state index in [0.29, 0.717) is 11.8 Å². The van der Waals surface area contributed by atoms with Gasteiger partial charge in [-0.3, -0.25) is 0 Å². The molecule has 1 heterocycles. The van der Waals surface area contributed by atoms with E-state index in [2.05, 4.69) is 4.98 Å². The van der Waals surface area contributed by atoms with Gasteiger partial charge in [-0.15, -0.1) is 0 Å². The number of rotatable bonds is 1. The lowest BCUT2D eigenvalue weighted by molar-refractivity contribution is 0.415. The van der Waals surface area contributed by atoms with Crippen molar-refractivity contribution >= 4 is 10.9 Å². The van der Waals surface area contributed by atoms with Crippen LogP contribution in [0.1, 0.15) is 6.93 Å². The fourth-order valence-corrected chi connectivity index (χ4v) is 1.35. The highest BCUT2D eigenvalue weighted by molar-refractivity contribution is 5.83. The number of aryl methyl sites for hydroxylation is 1. The second kappa shape index (κ2) is 2.55. The molecule has 0 aliphatic heterocycles. The first-order chi connectivity index (χ1) is 6.24. The fourth-order valence-electron chi connectivity index (χ4n) is 1.35. The summed E-state index contributed by atoms with van der Waals surface area (Å²) in [5.74, 6) is 0.629. The van der Waals surface area contributed by atoms with Gasteiger partial charge in [0.1, 0.15) is 5.75 Å². The average Bonchev–Trinajstić information content (AvgIpc) is 2.60. The van der Waals surface area contributed by atoms with E-state index in [9.17, 15) is 0 Å². The molecule has 0 unspecified atom stereocenters. The Hall–Kier alpha value is -1.44. The fraction of sp³-hybridized carbons (Fsp3) is 0.200. The standard InChI is InChI=1S/C10H11NO/c1-7-5-9(12-2)6-8-3-4-11-10(7)8/h3-6,11H,1-2H3/i6D. The van der Waals surface area contributed by atoms with Gasteiger partial charge in [0.2, 0.25) is 0 Å². The normalized spacial score (nSPS) is 11.7. The van der Waals surface area contributed by atoms with E-state index in [1.54, 1.807) is 7.11 Å². The van der Waals surface area contributed by atoms with Crippen LogP contribution in [0.5, 0.6) is 5.75 Å². The van der Waals surface area contributed by atoms with E-state index in [4.69, 9.17) is 6.11 Å². The third-order valence-electron chi connectivity index (χ3n) is 1.97. The topological polar surface area (TPSA) is 25.0 Å². The average molecular weight is 162 g/mol. The molecule has 1 aromatic carbocycles. The van der Waals surface area contributed by atoms with E-state index in [-0.39, 0.29) is 0 Å². The molecule has 0 amide bonds. The van der Waals surface area contributed by atoms with Crippen LogP contribution in [0.15, 0.2) is 24.4 Å². The van der Waals surface area contributed by atoms with Crippen LogP contribution in [0, 0.1) is 6.92 Å². The molecule has 0 fully saturated rings. The summed E-state index contributed by atoms with van der Waals surface area (Å²) in [4.78, 5) is 3.10. The minimum atomic E-state index is 0.448. The molecule has 1 aromatic heterocycles. The van der Waals surface area contributed by atoms with Crippen LogP contribution in [-0.4, -0.2) is 12.1 Å². The number of nitrogens with one attached hydrogen (secondary N) is 1. The number of ether oxygens (including phenoxy) is 1. The van der Waals surface area contributed by atoms with Crippen LogP contribution >= 0.6 is 0 Å². The molecule has 62 valence electrons. The molecule has 0 saturated carbocycles. The van der Waals surface area contributed by atoms with Gasteiger partial charge in [-0.25, -0.2) is 0 Å². The third-order valence-corrected chi connectivity index (χ3v) is 1.97. The number of H-pyrrole nitrogens is 1. The molecule has 0 atom stereocenters. The van der Waals surface area contributed by atoms with Crippen LogP contribution in [0.3, 0.4) is 0 Å². The number of aromatic amines is 1. The van der Waals surface area contributed by atoms with Crippen molar-refractivity contribution in [3.8, 4) is 5.75 Å². The smallest absolute Gasteiger partial charge is 0.119 e. The Morgan fingerprint density at radius 1 is 1.58 bits per heavy atom. The van der Waals surface area contributed by atoms with Crippen molar-refractivity contribution in [2.75, 3.05) is 7.11 Å².